The van der Waals surface area contributed by atoms with E-state index >= 15 is 0 Å². The molecule has 0 fully saturated rings. The average molecular weight is 447 g/mol. The Morgan fingerprint density at radius 1 is 0.645 bits per heavy atom. The molecule has 2 N–H and O–H groups in total. The molecule has 0 amide bonds. The maximum Gasteiger partial charge on any atom is 0.310 e. The van der Waals surface area contributed by atoms with Crippen molar-refractivity contribution in [1.82, 2.24) is 0 Å². The minimum atomic E-state index is -1.55. The molecule has 0 radical (unpaired) electrons. The summed E-state index contributed by atoms with van der Waals surface area (Å²) in [5.41, 5.74) is 0. The summed E-state index contributed by atoms with van der Waals surface area (Å²) in [6, 6.07) is 0. The number of carbonyl (C=O) groups excluding carboxylic acids is 2. The van der Waals surface area contributed by atoms with Gasteiger partial charge < -0.3 is 19.7 Å². The van der Waals surface area contributed by atoms with Crippen molar-refractivity contribution in [3.05, 3.63) is 0 Å². The van der Waals surface area contributed by atoms with Gasteiger partial charge in [0, 0.05) is 0 Å². The van der Waals surface area contributed by atoms with E-state index in [0.29, 0.717) is 0 Å². The molecule has 0 aromatic carbocycles. The zero-order valence-electron chi connectivity index (χ0n) is 19.7. The quantitative estimate of drug-likeness (QED) is 0.240. The summed E-state index contributed by atoms with van der Waals surface area (Å²) in [5, 5.41) is 17.7. The van der Waals surface area contributed by atoms with Gasteiger partial charge in [0.05, 0.1) is 37.9 Å². The van der Waals surface area contributed by atoms with E-state index < -0.39 is 48.6 Å². The highest BCUT2D eigenvalue weighted by molar-refractivity contribution is 5.87. The van der Waals surface area contributed by atoms with Crippen LogP contribution in [0.3, 0.4) is 0 Å². The molecule has 0 heterocycles. The number of ether oxygens (including phenoxy) is 2. The van der Waals surface area contributed by atoms with Crippen molar-refractivity contribution >= 4 is 23.9 Å². The van der Waals surface area contributed by atoms with E-state index in [9.17, 15) is 19.2 Å². The first-order chi connectivity index (χ1) is 14.7. The Bertz CT molecular complexity index is 496. The standard InChI is InChI=1S/C12H18O8.C11H24/c1-3-19-10(15)6-8(12(18)20-4-2)7(11(16)17)5-9(13)14;1-3-5-7-9-11-10-8-6-4-2/h7-8H,3-6H2,1-2H3,(H,13,14)(H,16,17);3-11H2,1-2H3. The second-order valence-corrected chi connectivity index (χ2v) is 7.39. The molecule has 0 saturated carbocycles. The molecular formula is C23H42O8. The summed E-state index contributed by atoms with van der Waals surface area (Å²) >= 11 is 0. The van der Waals surface area contributed by atoms with E-state index in [1.807, 2.05) is 0 Å². The number of hydrogen-bond donors (Lipinski definition) is 2. The van der Waals surface area contributed by atoms with Crippen LogP contribution in [0, 0.1) is 11.8 Å². The Morgan fingerprint density at radius 3 is 1.45 bits per heavy atom. The largest absolute Gasteiger partial charge is 0.481 e. The molecular weight excluding hydrogens is 404 g/mol. The number of carboxylic acids is 2. The van der Waals surface area contributed by atoms with E-state index in [4.69, 9.17) is 14.9 Å². The van der Waals surface area contributed by atoms with Crippen LogP contribution in [0.4, 0.5) is 0 Å². The summed E-state index contributed by atoms with van der Waals surface area (Å²) < 4.78 is 9.34. The van der Waals surface area contributed by atoms with E-state index in [1.54, 1.807) is 6.92 Å². The summed E-state index contributed by atoms with van der Waals surface area (Å²) in [4.78, 5) is 44.9. The molecule has 0 rings (SSSR count). The minimum absolute atomic E-state index is 0.00241. The molecule has 2 atom stereocenters. The summed E-state index contributed by atoms with van der Waals surface area (Å²) in [6.45, 7) is 7.70. The van der Waals surface area contributed by atoms with Gasteiger partial charge in [-0.2, -0.15) is 0 Å². The molecule has 8 nitrogen and oxygen atoms in total. The van der Waals surface area contributed by atoms with E-state index in [0.717, 1.165) is 0 Å². The Hall–Kier alpha value is -2.12. The molecule has 0 saturated heterocycles. The zero-order valence-corrected chi connectivity index (χ0v) is 19.7. The van der Waals surface area contributed by atoms with Crippen molar-refractivity contribution in [3.63, 3.8) is 0 Å². The van der Waals surface area contributed by atoms with Gasteiger partial charge in [-0.05, 0) is 13.8 Å². The molecule has 0 aliphatic rings. The van der Waals surface area contributed by atoms with Gasteiger partial charge in [0.1, 0.15) is 0 Å². The number of carbonyl (C=O) groups is 4. The average Bonchev–Trinajstić information content (AvgIpc) is 2.70. The van der Waals surface area contributed by atoms with Gasteiger partial charge in [-0.1, -0.05) is 71.6 Å². The second kappa shape index (κ2) is 21.1. The van der Waals surface area contributed by atoms with Crippen LogP contribution in [0.1, 0.15) is 98.3 Å². The Morgan fingerprint density at radius 2 is 1.10 bits per heavy atom. The summed E-state index contributed by atoms with van der Waals surface area (Å²) in [6.07, 6.45) is 11.6. The van der Waals surface area contributed by atoms with Gasteiger partial charge in [-0.3, -0.25) is 19.2 Å². The van der Waals surface area contributed by atoms with Crippen molar-refractivity contribution in [1.29, 1.82) is 0 Å². The van der Waals surface area contributed by atoms with E-state index in [1.165, 1.54) is 64.7 Å². The van der Waals surface area contributed by atoms with E-state index in [-0.39, 0.29) is 13.2 Å². The monoisotopic (exact) mass is 446 g/mol. The zero-order chi connectivity index (χ0) is 24.1. The van der Waals surface area contributed by atoms with Crippen molar-refractivity contribution in [2.24, 2.45) is 11.8 Å². The number of esters is 2. The fourth-order valence-electron chi connectivity index (χ4n) is 3.01. The van der Waals surface area contributed by atoms with Gasteiger partial charge in [-0.15, -0.1) is 0 Å². The number of hydrogen-bond acceptors (Lipinski definition) is 6. The molecule has 0 bridgehead atoms. The van der Waals surface area contributed by atoms with Gasteiger partial charge in [0.15, 0.2) is 0 Å². The van der Waals surface area contributed by atoms with Crippen molar-refractivity contribution in [2.75, 3.05) is 13.2 Å². The van der Waals surface area contributed by atoms with Crippen molar-refractivity contribution < 1.29 is 38.9 Å². The van der Waals surface area contributed by atoms with E-state index in [2.05, 4.69) is 18.6 Å². The van der Waals surface area contributed by atoms with Gasteiger partial charge >= 0.3 is 23.9 Å². The maximum absolute atomic E-state index is 11.7. The summed E-state index contributed by atoms with van der Waals surface area (Å²) in [5.74, 6) is -7.49. The first-order valence-electron chi connectivity index (χ1n) is 11.5. The Balaban J connectivity index is 0. The highest BCUT2D eigenvalue weighted by Crippen LogP contribution is 2.23. The molecule has 0 aliphatic carbocycles. The number of carboxylic acid groups (broad SMARTS) is 2. The Kier molecular flexibility index (Phi) is 21.2. The van der Waals surface area contributed by atoms with Gasteiger partial charge in [-0.25, -0.2) is 0 Å². The lowest BCUT2D eigenvalue weighted by Crippen LogP contribution is -2.35. The van der Waals surface area contributed by atoms with Crippen LogP contribution >= 0.6 is 0 Å². The van der Waals surface area contributed by atoms with Crippen molar-refractivity contribution in [3.8, 4) is 0 Å². The molecule has 0 aromatic heterocycles. The lowest BCUT2D eigenvalue weighted by Gasteiger charge is -2.20. The molecule has 0 aliphatic heterocycles. The summed E-state index contributed by atoms with van der Waals surface area (Å²) in [7, 11) is 0. The third-order valence-corrected chi connectivity index (χ3v) is 4.69. The fraction of sp³-hybridized carbons (Fsp3) is 0.826. The second-order valence-electron chi connectivity index (χ2n) is 7.39. The third-order valence-electron chi connectivity index (χ3n) is 4.69. The minimum Gasteiger partial charge on any atom is -0.481 e. The predicted octanol–water partition coefficient (Wildman–Crippen LogP) is 4.83. The molecule has 8 heteroatoms. The molecule has 2 unspecified atom stereocenters. The van der Waals surface area contributed by atoms with Crippen LogP contribution in [-0.2, 0) is 28.7 Å². The normalized spacial score (nSPS) is 12.1. The fourth-order valence-corrected chi connectivity index (χ4v) is 3.01. The molecule has 31 heavy (non-hydrogen) atoms. The van der Waals surface area contributed by atoms with Crippen LogP contribution in [0.25, 0.3) is 0 Å². The molecule has 0 spiro atoms. The number of unbranched alkanes of at least 4 members (excludes halogenated alkanes) is 8. The Labute approximate surface area is 186 Å². The highest BCUT2D eigenvalue weighted by atomic mass is 16.5. The highest BCUT2D eigenvalue weighted by Gasteiger charge is 2.38. The van der Waals surface area contributed by atoms with Gasteiger partial charge in [0.25, 0.3) is 0 Å². The van der Waals surface area contributed by atoms with Crippen LogP contribution < -0.4 is 0 Å². The molecule has 0 aromatic rings. The van der Waals surface area contributed by atoms with Crippen LogP contribution in [-0.4, -0.2) is 47.3 Å². The van der Waals surface area contributed by atoms with Crippen LogP contribution in [0.2, 0.25) is 0 Å². The lowest BCUT2D eigenvalue weighted by molar-refractivity contribution is -0.163. The smallest absolute Gasteiger partial charge is 0.310 e. The van der Waals surface area contributed by atoms with Crippen LogP contribution in [0.15, 0.2) is 0 Å². The predicted molar refractivity (Wildman–Crippen MR) is 118 cm³/mol. The first kappa shape index (κ1) is 31.1. The van der Waals surface area contributed by atoms with Crippen molar-refractivity contribution in [2.45, 2.75) is 98.3 Å². The topological polar surface area (TPSA) is 127 Å². The SMILES string of the molecule is CCCCCCCCCCC.CCOC(=O)CC(C(=O)OCC)C(CC(=O)O)C(=O)O. The van der Waals surface area contributed by atoms with Crippen LogP contribution in [0.5, 0.6) is 0 Å². The number of rotatable bonds is 17. The molecule has 182 valence electrons. The number of aliphatic carboxylic acids is 2. The lowest BCUT2D eigenvalue weighted by atomic mass is 9.87. The third kappa shape index (κ3) is 18.4. The first-order valence-corrected chi connectivity index (χ1v) is 11.5. The maximum atomic E-state index is 11.7. The van der Waals surface area contributed by atoms with Gasteiger partial charge in [0.2, 0.25) is 0 Å².